The van der Waals surface area contributed by atoms with Crippen molar-refractivity contribution in [3.8, 4) is 0 Å². The molecule has 1 aromatic heterocycles. The van der Waals surface area contributed by atoms with Gasteiger partial charge in [-0.05, 0) is 28.5 Å². The number of hydrogen-bond donors (Lipinski definition) is 1. The predicted octanol–water partition coefficient (Wildman–Crippen LogP) is 4.81. The normalized spacial score (nSPS) is 11.1. The zero-order valence-electron chi connectivity index (χ0n) is 10.7. The van der Waals surface area contributed by atoms with Crippen molar-refractivity contribution in [3.63, 3.8) is 0 Å². The minimum absolute atomic E-state index is 0.594. The second-order valence-electron chi connectivity index (χ2n) is 4.69. The summed E-state index contributed by atoms with van der Waals surface area (Å²) < 4.78 is 0. The zero-order chi connectivity index (χ0) is 13.0. The molecule has 0 atom stereocenters. The number of hydrogen-bond acceptors (Lipinski definition) is 2. The van der Waals surface area contributed by atoms with Crippen LogP contribution in [0.4, 0.5) is 0 Å². The second kappa shape index (κ2) is 6.37. The molecule has 0 spiro atoms. The number of benzene rings is 1. The van der Waals surface area contributed by atoms with E-state index in [0.717, 1.165) is 18.1 Å². The maximum atomic E-state index is 6.05. The Hall–Kier alpha value is -0.830. The molecule has 0 amide bonds. The van der Waals surface area contributed by atoms with Crippen molar-refractivity contribution in [2.75, 3.05) is 0 Å². The molecule has 0 bridgehead atoms. The SMILES string of the molecule is CC(C)c1ccc(CNCc2sccc2Cl)cc1. The molecule has 0 unspecified atom stereocenters. The molecular formula is C15H18ClNS. The molecule has 0 saturated carbocycles. The summed E-state index contributed by atoms with van der Waals surface area (Å²) in [6.45, 7) is 6.15. The van der Waals surface area contributed by atoms with Crippen LogP contribution in [0.25, 0.3) is 0 Å². The minimum atomic E-state index is 0.594. The van der Waals surface area contributed by atoms with E-state index in [1.165, 1.54) is 16.0 Å². The van der Waals surface area contributed by atoms with E-state index in [4.69, 9.17) is 11.6 Å². The molecule has 0 aliphatic rings. The lowest BCUT2D eigenvalue weighted by molar-refractivity contribution is 0.700. The van der Waals surface area contributed by atoms with Crippen LogP contribution < -0.4 is 5.32 Å². The van der Waals surface area contributed by atoms with Gasteiger partial charge in [0.15, 0.2) is 0 Å². The third-order valence-corrected chi connectivity index (χ3v) is 4.34. The number of rotatable bonds is 5. The average Bonchev–Trinajstić information content (AvgIpc) is 2.76. The largest absolute Gasteiger partial charge is 0.308 e. The van der Waals surface area contributed by atoms with Gasteiger partial charge in [0, 0.05) is 18.0 Å². The van der Waals surface area contributed by atoms with Crippen LogP contribution >= 0.6 is 22.9 Å². The van der Waals surface area contributed by atoms with Crippen LogP contribution in [0, 0.1) is 0 Å². The fourth-order valence-corrected chi connectivity index (χ4v) is 2.86. The molecule has 1 aromatic carbocycles. The van der Waals surface area contributed by atoms with E-state index in [1.54, 1.807) is 11.3 Å². The van der Waals surface area contributed by atoms with E-state index >= 15 is 0 Å². The Morgan fingerprint density at radius 1 is 1.11 bits per heavy atom. The van der Waals surface area contributed by atoms with Crippen molar-refractivity contribution in [1.29, 1.82) is 0 Å². The van der Waals surface area contributed by atoms with E-state index in [0.29, 0.717) is 5.92 Å². The highest BCUT2D eigenvalue weighted by atomic mass is 35.5. The van der Waals surface area contributed by atoms with Gasteiger partial charge >= 0.3 is 0 Å². The van der Waals surface area contributed by atoms with Crippen molar-refractivity contribution in [1.82, 2.24) is 5.32 Å². The summed E-state index contributed by atoms with van der Waals surface area (Å²) in [6.07, 6.45) is 0. The van der Waals surface area contributed by atoms with Gasteiger partial charge in [-0.25, -0.2) is 0 Å². The Labute approximate surface area is 118 Å². The van der Waals surface area contributed by atoms with E-state index in [1.807, 2.05) is 11.4 Å². The summed E-state index contributed by atoms with van der Waals surface area (Å²) in [5.74, 6) is 0.594. The Morgan fingerprint density at radius 3 is 2.39 bits per heavy atom. The van der Waals surface area contributed by atoms with Crippen LogP contribution in [0.3, 0.4) is 0 Å². The molecule has 2 rings (SSSR count). The number of nitrogens with one attached hydrogen (secondary N) is 1. The summed E-state index contributed by atoms with van der Waals surface area (Å²) in [5.41, 5.74) is 2.70. The Kier molecular flexibility index (Phi) is 4.81. The van der Waals surface area contributed by atoms with Crippen LogP contribution in [-0.4, -0.2) is 0 Å². The van der Waals surface area contributed by atoms with Crippen molar-refractivity contribution in [2.24, 2.45) is 0 Å². The molecule has 3 heteroatoms. The summed E-state index contributed by atoms with van der Waals surface area (Å²) in [4.78, 5) is 1.20. The molecule has 1 nitrogen and oxygen atoms in total. The summed E-state index contributed by atoms with van der Waals surface area (Å²) in [5, 5.41) is 6.31. The Morgan fingerprint density at radius 2 is 1.83 bits per heavy atom. The Balaban J connectivity index is 1.85. The van der Waals surface area contributed by atoms with Crippen LogP contribution in [0.15, 0.2) is 35.7 Å². The highest BCUT2D eigenvalue weighted by molar-refractivity contribution is 7.10. The first kappa shape index (κ1) is 13.6. The third-order valence-electron chi connectivity index (χ3n) is 2.95. The molecule has 0 radical (unpaired) electrons. The van der Waals surface area contributed by atoms with E-state index in [2.05, 4.69) is 43.4 Å². The third kappa shape index (κ3) is 3.58. The first-order valence-electron chi connectivity index (χ1n) is 6.18. The summed E-state index contributed by atoms with van der Waals surface area (Å²) in [7, 11) is 0. The van der Waals surface area contributed by atoms with Crippen LogP contribution in [0.1, 0.15) is 35.8 Å². The standard InChI is InChI=1S/C15H18ClNS/c1-11(2)13-5-3-12(4-6-13)9-17-10-15-14(16)7-8-18-15/h3-8,11,17H,9-10H2,1-2H3. The van der Waals surface area contributed by atoms with E-state index in [-0.39, 0.29) is 0 Å². The summed E-state index contributed by atoms with van der Waals surface area (Å²) >= 11 is 7.74. The molecule has 1 heterocycles. The highest BCUT2D eigenvalue weighted by Gasteiger charge is 2.02. The lowest BCUT2D eigenvalue weighted by atomic mass is 10.0. The van der Waals surface area contributed by atoms with Gasteiger partial charge in [0.2, 0.25) is 0 Å². The molecule has 0 aliphatic heterocycles. The summed E-state index contributed by atoms with van der Waals surface area (Å²) in [6, 6.07) is 10.7. The quantitative estimate of drug-likeness (QED) is 0.828. The van der Waals surface area contributed by atoms with Crippen LogP contribution in [-0.2, 0) is 13.1 Å². The maximum absolute atomic E-state index is 6.05. The first-order valence-corrected chi connectivity index (χ1v) is 7.44. The van der Waals surface area contributed by atoms with Gasteiger partial charge < -0.3 is 5.32 Å². The molecule has 2 aromatic rings. The molecule has 1 N–H and O–H groups in total. The van der Waals surface area contributed by atoms with Crippen molar-refractivity contribution < 1.29 is 0 Å². The van der Waals surface area contributed by atoms with Crippen LogP contribution in [0.5, 0.6) is 0 Å². The van der Waals surface area contributed by atoms with Gasteiger partial charge in [-0.3, -0.25) is 0 Å². The van der Waals surface area contributed by atoms with Gasteiger partial charge in [0.1, 0.15) is 0 Å². The lowest BCUT2D eigenvalue weighted by Gasteiger charge is -2.07. The van der Waals surface area contributed by atoms with Gasteiger partial charge in [-0.2, -0.15) is 0 Å². The monoisotopic (exact) mass is 279 g/mol. The topological polar surface area (TPSA) is 12.0 Å². The fraction of sp³-hybridized carbons (Fsp3) is 0.333. The molecule has 96 valence electrons. The van der Waals surface area contributed by atoms with E-state index in [9.17, 15) is 0 Å². The Bertz CT molecular complexity index is 487. The zero-order valence-corrected chi connectivity index (χ0v) is 12.3. The number of thiophene rings is 1. The lowest BCUT2D eigenvalue weighted by Crippen LogP contribution is -2.11. The van der Waals surface area contributed by atoms with E-state index < -0.39 is 0 Å². The average molecular weight is 280 g/mol. The van der Waals surface area contributed by atoms with Crippen molar-refractivity contribution >= 4 is 22.9 Å². The second-order valence-corrected chi connectivity index (χ2v) is 6.10. The predicted molar refractivity (Wildman–Crippen MR) is 80.4 cm³/mol. The molecule has 0 fully saturated rings. The van der Waals surface area contributed by atoms with Crippen molar-refractivity contribution in [3.05, 3.63) is 56.7 Å². The van der Waals surface area contributed by atoms with Gasteiger partial charge in [0.25, 0.3) is 0 Å². The molecule has 0 aliphatic carbocycles. The maximum Gasteiger partial charge on any atom is 0.0558 e. The van der Waals surface area contributed by atoms with Crippen LogP contribution in [0.2, 0.25) is 5.02 Å². The molecular weight excluding hydrogens is 262 g/mol. The first-order chi connectivity index (χ1) is 8.66. The van der Waals surface area contributed by atoms with Crippen molar-refractivity contribution in [2.45, 2.75) is 32.9 Å². The number of halogens is 1. The minimum Gasteiger partial charge on any atom is -0.308 e. The fourth-order valence-electron chi connectivity index (χ4n) is 1.79. The smallest absolute Gasteiger partial charge is 0.0558 e. The van der Waals surface area contributed by atoms with Gasteiger partial charge in [-0.15, -0.1) is 11.3 Å². The van der Waals surface area contributed by atoms with Gasteiger partial charge in [-0.1, -0.05) is 49.7 Å². The molecule has 18 heavy (non-hydrogen) atoms. The van der Waals surface area contributed by atoms with Gasteiger partial charge in [0.05, 0.1) is 5.02 Å². The molecule has 0 saturated heterocycles. The highest BCUT2D eigenvalue weighted by Crippen LogP contribution is 2.21.